The fourth-order valence-corrected chi connectivity index (χ4v) is 13.5. The lowest BCUT2D eigenvalue weighted by Crippen LogP contribution is -2.65. The topological polar surface area (TPSA) is 107 Å². The Balaban J connectivity index is 1.19. The van der Waals surface area contributed by atoms with Gasteiger partial charge in [0, 0.05) is 0 Å². The van der Waals surface area contributed by atoms with Crippen molar-refractivity contribution in [3.63, 3.8) is 0 Å². The van der Waals surface area contributed by atoms with Gasteiger partial charge in [0.2, 0.25) is 0 Å². The maximum absolute atomic E-state index is 13.0. The monoisotopic (exact) mass is 598 g/mol. The molecule has 5 saturated carbocycles. The third-order valence-corrected chi connectivity index (χ3v) is 16.6. The molecule has 0 aromatic carbocycles. The SMILES string of the molecule is CC1O[C@@H](CC2CC[C@@]3(C)C(CC[C@]4(C)C3CC=C3C5C6C[C@@]6(C)CC[C@]5(C(=O)O)CC[C@]34C)C2(C)C)C(O)C(O)[C@@H]1O. The van der Waals surface area contributed by atoms with Crippen molar-refractivity contribution < 1.29 is 30.0 Å². The van der Waals surface area contributed by atoms with Gasteiger partial charge in [-0.2, -0.15) is 0 Å². The standard InChI is InChI=1S/C37H58O6/c1-20-28(38)30(40)29(39)24(43-20)18-21-10-12-34(5)25(32(21,2)3)11-13-36(7)26(34)9-8-22-27-23-19-33(23,4)14-16-37(27,31(41)42)17-15-35(22,36)6/h8,20-21,23-30,38-40H,9-19H2,1-7H3,(H,41,42)/t20?,21?,23?,24-,25?,26?,27?,28+,29?,30?,33+,34-,35+,36+,37-/m0/s1. The minimum atomic E-state index is -1.17. The zero-order chi connectivity index (χ0) is 31.1. The first-order valence-corrected chi connectivity index (χ1v) is 17.6. The van der Waals surface area contributed by atoms with Crippen LogP contribution < -0.4 is 0 Å². The maximum Gasteiger partial charge on any atom is 0.310 e. The highest BCUT2D eigenvalue weighted by molar-refractivity contribution is 5.77. The fourth-order valence-electron chi connectivity index (χ4n) is 13.5. The van der Waals surface area contributed by atoms with Crippen LogP contribution in [0, 0.1) is 62.1 Å². The van der Waals surface area contributed by atoms with E-state index in [1.165, 1.54) is 24.8 Å². The van der Waals surface area contributed by atoms with Crippen LogP contribution in [-0.2, 0) is 9.53 Å². The molecule has 0 bridgehead atoms. The quantitative estimate of drug-likeness (QED) is 0.282. The van der Waals surface area contributed by atoms with Crippen molar-refractivity contribution in [3.8, 4) is 0 Å². The number of allylic oxidation sites excluding steroid dienone is 2. The molecule has 0 radical (unpaired) electrons. The van der Waals surface area contributed by atoms with Gasteiger partial charge in [-0.3, -0.25) is 4.79 Å². The molecule has 1 saturated heterocycles. The molecule has 1 heterocycles. The van der Waals surface area contributed by atoms with Gasteiger partial charge in [-0.1, -0.05) is 53.2 Å². The molecular weight excluding hydrogens is 540 g/mol. The zero-order valence-electron chi connectivity index (χ0n) is 27.7. The molecule has 15 atom stereocenters. The number of hydrogen-bond donors (Lipinski definition) is 4. The van der Waals surface area contributed by atoms with E-state index in [4.69, 9.17) is 4.74 Å². The summed E-state index contributed by atoms with van der Waals surface area (Å²) in [7, 11) is 0. The Morgan fingerprint density at radius 1 is 0.884 bits per heavy atom. The Bertz CT molecular complexity index is 1210. The summed E-state index contributed by atoms with van der Waals surface area (Å²) in [5, 5.41) is 42.2. The average molecular weight is 599 g/mol. The number of aliphatic carboxylic acids is 1. The summed E-state index contributed by atoms with van der Waals surface area (Å²) >= 11 is 0. The first-order valence-electron chi connectivity index (χ1n) is 17.6. The predicted molar refractivity (Wildman–Crippen MR) is 165 cm³/mol. The number of aliphatic hydroxyl groups is 3. The van der Waals surface area contributed by atoms with E-state index in [0.29, 0.717) is 35.5 Å². The van der Waals surface area contributed by atoms with Crippen LogP contribution in [-0.4, -0.2) is 56.9 Å². The van der Waals surface area contributed by atoms with Crippen molar-refractivity contribution in [2.75, 3.05) is 0 Å². The van der Waals surface area contributed by atoms with Crippen LogP contribution in [0.15, 0.2) is 11.6 Å². The number of carboxylic acid groups (broad SMARTS) is 1. The summed E-state index contributed by atoms with van der Waals surface area (Å²) in [4.78, 5) is 13.0. The van der Waals surface area contributed by atoms with Gasteiger partial charge >= 0.3 is 5.97 Å². The molecular formula is C37H58O6. The van der Waals surface area contributed by atoms with E-state index in [9.17, 15) is 25.2 Å². The molecule has 4 N–H and O–H groups in total. The Hall–Kier alpha value is -0.950. The highest BCUT2D eigenvalue weighted by Gasteiger charge is 2.73. The fraction of sp³-hybridized carbons (Fsp3) is 0.919. The van der Waals surface area contributed by atoms with Crippen LogP contribution in [0.2, 0.25) is 0 Å². The first kappa shape index (κ1) is 30.7. The van der Waals surface area contributed by atoms with Crippen LogP contribution >= 0.6 is 0 Å². The number of rotatable bonds is 3. The van der Waals surface area contributed by atoms with Gasteiger partial charge in [0.1, 0.15) is 18.3 Å². The normalized spacial score (nSPS) is 58.5. The van der Waals surface area contributed by atoms with Crippen LogP contribution in [0.4, 0.5) is 0 Å². The minimum absolute atomic E-state index is 0.0442. The molecule has 0 spiro atoms. The number of carbonyl (C=O) groups is 1. The van der Waals surface area contributed by atoms with Crippen molar-refractivity contribution >= 4 is 5.97 Å². The predicted octanol–water partition coefficient (Wildman–Crippen LogP) is 6.36. The van der Waals surface area contributed by atoms with Crippen molar-refractivity contribution in [1.82, 2.24) is 0 Å². The van der Waals surface area contributed by atoms with Gasteiger partial charge in [-0.25, -0.2) is 0 Å². The van der Waals surface area contributed by atoms with Crippen molar-refractivity contribution in [1.29, 1.82) is 0 Å². The van der Waals surface area contributed by atoms with Crippen molar-refractivity contribution in [3.05, 3.63) is 11.6 Å². The largest absolute Gasteiger partial charge is 0.481 e. The minimum Gasteiger partial charge on any atom is -0.481 e. The molecule has 6 nitrogen and oxygen atoms in total. The van der Waals surface area contributed by atoms with Crippen LogP contribution in [0.25, 0.3) is 0 Å². The number of ether oxygens (including phenoxy) is 1. The summed E-state index contributed by atoms with van der Waals surface area (Å²) in [6.45, 7) is 16.8. The molecule has 1 aliphatic heterocycles. The Morgan fingerprint density at radius 2 is 1.58 bits per heavy atom. The van der Waals surface area contributed by atoms with Gasteiger partial charge in [0.25, 0.3) is 0 Å². The maximum atomic E-state index is 13.0. The number of hydrogen-bond acceptors (Lipinski definition) is 5. The highest BCUT2D eigenvalue weighted by atomic mass is 16.5. The molecule has 242 valence electrons. The summed E-state index contributed by atoms with van der Waals surface area (Å²) in [5.41, 5.74) is 1.74. The second kappa shape index (κ2) is 9.32. The lowest BCUT2D eigenvalue weighted by molar-refractivity contribution is -0.231. The molecule has 0 aromatic heterocycles. The molecule has 0 amide bonds. The molecule has 8 unspecified atom stereocenters. The Kier molecular flexibility index (Phi) is 6.65. The van der Waals surface area contributed by atoms with Gasteiger partial charge in [0.15, 0.2) is 0 Å². The zero-order valence-corrected chi connectivity index (χ0v) is 27.7. The first-order chi connectivity index (χ1) is 20.0. The molecule has 6 heteroatoms. The third kappa shape index (κ3) is 3.82. The summed E-state index contributed by atoms with van der Waals surface area (Å²) in [6, 6.07) is 0. The van der Waals surface area contributed by atoms with Gasteiger partial charge in [-0.15, -0.1) is 0 Å². The summed E-state index contributed by atoms with van der Waals surface area (Å²) < 4.78 is 6.09. The smallest absolute Gasteiger partial charge is 0.310 e. The molecule has 6 aliphatic carbocycles. The number of fused-ring (bicyclic) bond motifs is 9. The highest BCUT2D eigenvalue weighted by Crippen LogP contribution is 2.79. The lowest BCUT2D eigenvalue weighted by atomic mass is 9.33. The molecule has 6 fully saturated rings. The van der Waals surface area contributed by atoms with Crippen molar-refractivity contribution in [2.24, 2.45) is 62.1 Å². The van der Waals surface area contributed by atoms with E-state index in [-0.39, 0.29) is 27.6 Å². The van der Waals surface area contributed by atoms with Crippen molar-refractivity contribution in [2.45, 2.75) is 150 Å². The van der Waals surface area contributed by atoms with Crippen LogP contribution in [0.1, 0.15) is 119 Å². The number of carboxylic acids is 1. The van der Waals surface area contributed by atoms with E-state index in [2.05, 4.69) is 47.6 Å². The Labute approximate surface area is 259 Å². The average Bonchev–Trinajstić information content (AvgIpc) is 3.63. The Morgan fingerprint density at radius 3 is 2.28 bits per heavy atom. The molecule has 43 heavy (non-hydrogen) atoms. The second-order valence-corrected chi connectivity index (χ2v) is 18.3. The molecule has 0 aromatic rings. The van der Waals surface area contributed by atoms with E-state index < -0.39 is 41.9 Å². The van der Waals surface area contributed by atoms with Gasteiger partial charge in [-0.05, 0) is 134 Å². The van der Waals surface area contributed by atoms with E-state index in [1.807, 2.05) is 0 Å². The van der Waals surface area contributed by atoms with Gasteiger partial charge < -0.3 is 25.2 Å². The second-order valence-electron chi connectivity index (χ2n) is 18.3. The van der Waals surface area contributed by atoms with E-state index in [1.54, 1.807) is 6.92 Å². The number of aliphatic hydroxyl groups excluding tert-OH is 3. The van der Waals surface area contributed by atoms with E-state index in [0.717, 1.165) is 44.9 Å². The van der Waals surface area contributed by atoms with E-state index >= 15 is 0 Å². The van der Waals surface area contributed by atoms with Gasteiger partial charge in [0.05, 0.1) is 17.6 Å². The molecule has 7 rings (SSSR count). The third-order valence-electron chi connectivity index (χ3n) is 16.6. The van der Waals surface area contributed by atoms with Crippen LogP contribution in [0.5, 0.6) is 0 Å². The van der Waals surface area contributed by atoms with Crippen LogP contribution in [0.3, 0.4) is 0 Å². The lowest BCUT2D eigenvalue weighted by Gasteiger charge is -2.71. The summed E-state index contributed by atoms with van der Waals surface area (Å²) in [6.07, 6.45) is 9.63. The molecule has 7 aliphatic rings. The summed E-state index contributed by atoms with van der Waals surface area (Å²) in [5.74, 6) is 1.68.